The van der Waals surface area contributed by atoms with E-state index in [1.807, 2.05) is 0 Å². The molecule has 8 nitrogen and oxygen atoms in total. The Bertz CT molecular complexity index is 836. The van der Waals surface area contributed by atoms with Gasteiger partial charge in [0.25, 0.3) is 5.91 Å². The number of benzene rings is 2. The highest BCUT2D eigenvalue weighted by atomic mass is 16.5. The standard InChI is InChI=1S/C20H24N4O4/c1-21-20(27)14-5-4-6-16(11-14)23-19(26)13-24(2)12-18(25)22-15-7-9-17(28-3)10-8-15/h4-11H,12-13H2,1-3H3,(H,21,27)(H,22,25)(H,23,26). The predicted octanol–water partition coefficient (Wildman–Crippen LogP) is 1.56. The number of anilines is 2. The molecule has 3 amide bonds. The van der Waals surface area contributed by atoms with Crippen molar-refractivity contribution in [3.63, 3.8) is 0 Å². The summed E-state index contributed by atoms with van der Waals surface area (Å²) in [5.74, 6) is -0.0495. The molecule has 8 heteroatoms. The molecule has 0 aliphatic carbocycles. The molecule has 0 saturated carbocycles. The van der Waals surface area contributed by atoms with Gasteiger partial charge in [-0.1, -0.05) is 6.07 Å². The molecule has 0 heterocycles. The molecule has 28 heavy (non-hydrogen) atoms. The summed E-state index contributed by atoms with van der Waals surface area (Å²) in [6, 6.07) is 13.6. The number of hydrogen-bond acceptors (Lipinski definition) is 5. The molecule has 0 aromatic heterocycles. The van der Waals surface area contributed by atoms with E-state index in [9.17, 15) is 14.4 Å². The van der Waals surface area contributed by atoms with E-state index in [0.29, 0.717) is 22.7 Å². The number of methoxy groups -OCH3 is 1. The van der Waals surface area contributed by atoms with Gasteiger partial charge < -0.3 is 20.7 Å². The van der Waals surface area contributed by atoms with Crippen LogP contribution in [-0.2, 0) is 9.59 Å². The van der Waals surface area contributed by atoms with Gasteiger partial charge in [-0.05, 0) is 49.5 Å². The Labute approximate surface area is 163 Å². The van der Waals surface area contributed by atoms with Crippen LogP contribution in [0.3, 0.4) is 0 Å². The average molecular weight is 384 g/mol. The molecular weight excluding hydrogens is 360 g/mol. The number of nitrogens with one attached hydrogen (secondary N) is 3. The largest absolute Gasteiger partial charge is 0.497 e. The summed E-state index contributed by atoms with van der Waals surface area (Å²) in [7, 11) is 4.79. The van der Waals surface area contributed by atoms with Gasteiger partial charge in [-0.3, -0.25) is 19.3 Å². The van der Waals surface area contributed by atoms with E-state index in [1.54, 1.807) is 74.6 Å². The lowest BCUT2D eigenvalue weighted by Crippen LogP contribution is -2.36. The van der Waals surface area contributed by atoms with Crippen LogP contribution in [0.1, 0.15) is 10.4 Å². The van der Waals surface area contributed by atoms with Crippen molar-refractivity contribution in [1.82, 2.24) is 10.2 Å². The lowest BCUT2D eigenvalue weighted by atomic mass is 10.2. The normalized spacial score (nSPS) is 10.3. The Morgan fingerprint density at radius 2 is 1.54 bits per heavy atom. The van der Waals surface area contributed by atoms with Gasteiger partial charge in [0.1, 0.15) is 5.75 Å². The molecule has 0 aliphatic rings. The number of nitrogens with zero attached hydrogens (tertiary/aromatic N) is 1. The quantitative estimate of drug-likeness (QED) is 0.641. The molecular formula is C20H24N4O4. The summed E-state index contributed by atoms with van der Waals surface area (Å²) in [6.45, 7) is 0.0813. The van der Waals surface area contributed by atoms with E-state index >= 15 is 0 Å². The van der Waals surface area contributed by atoms with Crippen LogP contribution in [0.25, 0.3) is 0 Å². The van der Waals surface area contributed by atoms with E-state index < -0.39 is 0 Å². The van der Waals surface area contributed by atoms with Crippen LogP contribution in [0.2, 0.25) is 0 Å². The Balaban J connectivity index is 1.83. The Morgan fingerprint density at radius 1 is 0.929 bits per heavy atom. The lowest BCUT2D eigenvalue weighted by molar-refractivity contribution is -0.119. The monoisotopic (exact) mass is 384 g/mol. The molecule has 148 valence electrons. The van der Waals surface area contributed by atoms with Crippen molar-refractivity contribution in [2.24, 2.45) is 0 Å². The number of carbonyl (C=O) groups excluding carboxylic acids is 3. The summed E-state index contributed by atoms with van der Waals surface area (Å²) in [4.78, 5) is 37.5. The first-order valence-corrected chi connectivity index (χ1v) is 8.65. The van der Waals surface area contributed by atoms with Gasteiger partial charge in [-0.25, -0.2) is 0 Å². The van der Waals surface area contributed by atoms with E-state index in [1.165, 1.54) is 0 Å². The third-order valence-corrected chi connectivity index (χ3v) is 3.84. The molecule has 2 aromatic rings. The van der Waals surface area contributed by atoms with Gasteiger partial charge >= 0.3 is 0 Å². The second-order valence-electron chi connectivity index (χ2n) is 6.16. The summed E-state index contributed by atoms with van der Waals surface area (Å²) in [6.07, 6.45) is 0. The fourth-order valence-corrected chi connectivity index (χ4v) is 2.50. The molecule has 2 aromatic carbocycles. The first kappa shape index (κ1) is 20.9. The Hall–Kier alpha value is -3.39. The minimum atomic E-state index is -0.284. The highest BCUT2D eigenvalue weighted by molar-refractivity contribution is 5.98. The fraction of sp³-hybridized carbons (Fsp3) is 0.250. The van der Waals surface area contributed by atoms with Crippen molar-refractivity contribution in [1.29, 1.82) is 0 Å². The van der Waals surface area contributed by atoms with Crippen molar-refractivity contribution >= 4 is 29.1 Å². The molecule has 2 rings (SSSR count). The van der Waals surface area contributed by atoms with Crippen molar-refractivity contribution in [2.45, 2.75) is 0 Å². The van der Waals surface area contributed by atoms with Crippen LogP contribution in [0.4, 0.5) is 11.4 Å². The Kier molecular flexibility index (Phi) is 7.53. The molecule has 0 spiro atoms. The van der Waals surface area contributed by atoms with Crippen LogP contribution in [0.5, 0.6) is 5.75 Å². The number of ether oxygens (including phenoxy) is 1. The van der Waals surface area contributed by atoms with Gasteiger partial charge in [0.15, 0.2) is 0 Å². The molecule has 0 radical (unpaired) electrons. The number of rotatable bonds is 8. The molecule has 0 fully saturated rings. The zero-order valence-electron chi connectivity index (χ0n) is 16.1. The molecule has 0 atom stereocenters. The average Bonchev–Trinajstić information content (AvgIpc) is 2.67. The van der Waals surface area contributed by atoms with Crippen LogP contribution < -0.4 is 20.7 Å². The SMILES string of the molecule is CNC(=O)c1cccc(NC(=O)CN(C)CC(=O)Nc2ccc(OC)cc2)c1. The minimum Gasteiger partial charge on any atom is -0.497 e. The van der Waals surface area contributed by atoms with Gasteiger partial charge in [-0.15, -0.1) is 0 Å². The Morgan fingerprint density at radius 3 is 2.11 bits per heavy atom. The summed E-state index contributed by atoms with van der Waals surface area (Å²) in [5.41, 5.74) is 1.62. The smallest absolute Gasteiger partial charge is 0.251 e. The second-order valence-corrected chi connectivity index (χ2v) is 6.16. The van der Waals surface area contributed by atoms with E-state index in [-0.39, 0.29) is 30.8 Å². The van der Waals surface area contributed by atoms with Crippen LogP contribution in [0.15, 0.2) is 48.5 Å². The molecule has 0 unspecified atom stereocenters. The minimum absolute atomic E-state index is 0.0280. The molecule has 0 saturated heterocycles. The second kappa shape index (κ2) is 10.1. The number of likely N-dealkylation sites (N-methyl/N-ethyl adjacent to an activating group) is 1. The number of carbonyl (C=O) groups is 3. The van der Waals surface area contributed by atoms with Crippen molar-refractivity contribution in [2.75, 3.05) is 44.9 Å². The fourth-order valence-electron chi connectivity index (χ4n) is 2.50. The van der Waals surface area contributed by atoms with Gasteiger partial charge in [0.2, 0.25) is 11.8 Å². The predicted molar refractivity (Wildman–Crippen MR) is 108 cm³/mol. The zero-order valence-corrected chi connectivity index (χ0v) is 16.1. The molecule has 3 N–H and O–H groups in total. The van der Waals surface area contributed by atoms with Crippen LogP contribution >= 0.6 is 0 Å². The highest BCUT2D eigenvalue weighted by Crippen LogP contribution is 2.15. The maximum Gasteiger partial charge on any atom is 0.251 e. The first-order chi connectivity index (χ1) is 13.4. The van der Waals surface area contributed by atoms with E-state index in [2.05, 4.69) is 16.0 Å². The van der Waals surface area contributed by atoms with Crippen molar-refractivity contribution in [3.05, 3.63) is 54.1 Å². The van der Waals surface area contributed by atoms with Crippen molar-refractivity contribution in [3.8, 4) is 5.75 Å². The maximum absolute atomic E-state index is 12.2. The van der Waals surface area contributed by atoms with Crippen LogP contribution in [-0.4, -0.2) is 56.9 Å². The summed E-state index contributed by atoms with van der Waals surface area (Å²) in [5, 5.41) is 8.01. The van der Waals surface area contributed by atoms with E-state index in [4.69, 9.17) is 4.74 Å². The van der Waals surface area contributed by atoms with Gasteiger partial charge in [-0.2, -0.15) is 0 Å². The third kappa shape index (κ3) is 6.40. The maximum atomic E-state index is 12.2. The highest BCUT2D eigenvalue weighted by Gasteiger charge is 2.12. The summed E-state index contributed by atoms with van der Waals surface area (Å²) < 4.78 is 5.07. The summed E-state index contributed by atoms with van der Waals surface area (Å²) >= 11 is 0. The number of hydrogen-bond donors (Lipinski definition) is 3. The third-order valence-electron chi connectivity index (χ3n) is 3.84. The topological polar surface area (TPSA) is 99.8 Å². The van der Waals surface area contributed by atoms with Gasteiger partial charge in [0.05, 0.1) is 20.2 Å². The van der Waals surface area contributed by atoms with E-state index in [0.717, 1.165) is 0 Å². The number of amides is 3. The van der Waals surface area contributed by atoms with Gasteiger partial charge in [0, 0.05) is 24.0 Å². The first-order valence-electron chi connectivity index (χ1n) is 8.65. The van der Waals surface area contributed by atoms with Crippen LogP contribution in [0, 0.1) is 0 Å². The molecule has 0 bridgehead atoms. The van der Waals surface area contributed by atoms with Crippen molar-refractivity contribution < 1.29 is 19.1 Å². The molecule has 0 aliphatic heterocycles. The zero-order chi connectivity index (χ0) is 20.5. The lowest BCUT2D eigenvalue weighted by Gasteiger charge is -2.16.